The fourth-order valence-corrected chi connectivity index (χ4v) is 2.78. The molecule has 0 saturated heterocycles. The van der Waals surface area contributed by atoms with E-state index in [1.165, 1.54) is 0 Å². The van der Waals surface area contributed by atoms with E-state index < -0.39 is 5.76 Å². The van der Waals surface area contributed by atoms with Crippen LogP contribution < -0.4 is 5.76 Å². The summed E-state index contributed by atoms with van der Waals surface area (Å²) < 4.78 is 5.04. The van der Waals surface area contributed by atoms with Gasteiger partial charge in [0.1, 0.15) is 0 Å². The van der Waals surface area contributed by atoms with Gasteiger partial charge < -0.3 is 4.42 Å². The third-order valence-electron chi connectivity index (χ3n) is 3.21. The SMILES string of the molecule is O=c1[nH]c2ccc(C(Cl)Cc3ccc(Cl)c(Cl)c3)cc2o1. The molecule has 2 aromatic carbocycles. The second kappa shape index (κ2) is 5.76. The Hall–Kier alpha value is -1.42. The molecule has 3 rings (SSSR count). The van der Waals surface area contributed by atoms with Crippen LogP contribution in [0.2, 0.25) is 10.0 Å². The third-order valence-corrected chi connectivity index (χ3v) is 4.35. The van der Waals surface area contributed by atoms with Gasteiger partial charge in [0.05, 0.1) is 20.9 Å². The standard InChI is InChI=1S/C15H10Cl3NO2/c16-10-3-1-8(6-12(10)18)5-11(17)9-2-4-13-14(7-9)21-15(20)19-13/h1-4,6-7,11H,5H2,(H,19,20). The summed E-state index contributed by atoms with van der Waals surface area (Å²) in [7, 11) is 0. The lowest BCUT2D eigenvalue weighted by molar-refractivity contribution is 0.555. The summed E-state index contributed by atoms with van der Waals surface area (Å²) in [5, 5.41) is 0.763. The first-order chi connectivity index (χ1) is 10.0. The van der Waals surface area contributed by atoms with Gasteiger partial charge >= 0.3 is 5.76 Å². The quantitative estimate of drug-likeness (QED) is 0.684. The number of rotatable bonds is 3. The van der Waals surface area contributed by atoms with Crippen LogP contribution in [0, 0.1) is 0 Å². The molecule has 0 saturated carbocycles. The molecule has 3 aromatic rings. The molecule has 1 N–H and O–H groups in total. The summed E-state index contributed by atoms with van der Waals surface area (Å²) in [5.41, 5.74) is 3.01. The normalized spacial score (nSPS) is 12.7. The van der Waals surface area contributed by atoms with E-state index in [0.29, 0.717) is 27.6 Å². The number of hydrogen-bond donors (Lipinski definition) is 1. The molecule has 1 atom stereocenters. The van der Waals surface area contributed by atoms with Gasteiger partial charge in [-0.15, -0.1) is 11.6 Å². The molecule has 0 aliphatic rings. The summed E-state index contributed by atoms with van der Waals surface area (Å²) in [5.74, 6) is -0.474. The molecule has 1 aromatic heterocycles. The lowest BCUT2D eigenvalue weighted by Crippen LogP contribution is -1.96. The Morgan fingerprint density at radius 2 is 1.90 bits per heavy atom. The molecule has 6 heteroatoms. The number of fused-ring (bicyclic) bond motifs is 1. The van der Waals surface area contributed by atoms with Crippen molar-refractivity contribution in [3.05, 3.63) is 68.1 Å². The molecule has 0 spiro atoms. The Morgan fingerprint density at radius 3 is 2.67 bits per heavy atom. The number of nitrogens with one attached hydrogen (secondary N) is 1. The topological polar surface area (TPSA) is 46.0 Å². The molecule has 0 amide bonds. The van der Waals surface area contributed by atoms with Gasteiger partial charge in [0.15, 0.2) is 5.58 Å². The molecule has 1 heterocycles. The van der Waals surface area contributed by atoms with Crippen LogP contribution in [0.3, 0.4) is 0 Å². The van der Waals surface area contributed by atoms with E-state index in [0.717, 1.165) is 11.1 Å². The highest BCUT2D eigenvalue weighted by atomic mass is 35.5. The number of oxazole rings is 1. The van der Waals surface area contributed by atoms with E-state index in [-0.39, 0.29) is 5.38 Å². The van der Waals surface area contributed by atoms with Crippen molar-refractivity contribution >= 4 is 45.9 Å². The maximum absolute atomic E-state index is 11.1. The van der Waals surface area contributed by atoms with Crippen molar-refractivity contribution in [2.24, 2.45) is 0 Å². The zero-order valence-electron chi connectivity index (χ0n) is 10.7. The van der Waals surface area contributed by atoms with Crippen molar-refractivity contribution in [2.75, 3.05) is 0 Å². The highest BCUT2D eigenvalue weighted by molar-refractivity contribution is 6.42. The summed E-state index contributed by atoms with van der Waals surface area (Å²) in [6, 6.07) is 10.8. The van der Waals surface area contributed by atoms with Crippen LogP contribution in [0.15, 0.2) is 45.6 Å². The lowest BCUT2D eigenvalue weighted by Gasteiger charge is -2.10. The van der Waals surface area contributed by atoms with E-state index in [1.807, 2.05) is 12.1 Å². The van der Waals surface area contributed by atoms with Gasteiger partial charge in [-0.25, -0.2) is 4.79 Å². The van der Waals surface area contributed by atoms with Gasteiger partial charge in [-0.1, -0.05) is 35.3 Å². The minimum Gasteiger partial charge on any atom is -0.408 e. The number of hydrogen-bond acceptors (Lipinski definition) is 2. The summed E-state index contributed by atoms with van der Waals surface area (Å²) >= 11 is 18.3. The zero-order chi connectivity index (χ0) is 15.0. The van der Waals surface area contributed by atoms with Gasteiger partial charge in [0, 0.05) is 0 Å². The number of halogens is 3. The van der Waals surface area contributed by atoms with Crippen molar-refractivity contribution in [1.82, 2.24) is 4.98 Å². The second-order valence-corrected chi connectivity index (χ2v) is 6.03. The van der Waals surface area contributed by atoms with Gasteiger partial charge in [-0.05, 0) is 41.8 Å². The van der Waals surface area contributed by atoms with E-state index >= 15 is 0 Å². The van der Waals surface area contributed by atoms with Crippen LogP contribution in [-0.4, -0.2) is 4.98 Å². The Balaban J connectivity index is 1.87. The van der Waals surface area contributed by atoms with Crippen molar-refractivity contribution < 1.29 is 4.42 Å². The van der Waals surface area contributed by atoms with Crippen molar-refractivity contribution in [3.63, 3.8) is 0 Å². The smallest absolute Gasteiger partial charge is 0.408 e. The summed E-state index contributed by atoms with van der Waals surface area (Å²) in [4.78, 5) is 13.7. The fraction of sp³-hybridized carbons (Fsp3) is 0.133. The maximum Gasteiger partial charge on any atom is 0.417 e. The molecule has 0 radical (unpaired) electrons. The van der Waals surface area contributed by atoms with Crippen LogP contribution in [0.5, 0.6) is 0 Å². The Morgan fingerprint density at radius 1 is 1.10 bits per heavy atom. The number of alkyl halides is 1. The van der Waals surface area contributed by atoms with Gasteiger partial charge in [-0.3, -0.25) is 4.98 Å². The predicted octanol–water partition coefficient (Wildman–Crippen LogP) is 4.95. The van der Waals surface area contributed by atoms with Gasteiger partial charge in [0.2, 0.25) is 0 Å². The van der Waals surface area contributed by atoms with Crippen LogP contribution in [0.1, 0.15) is 16.5 Å². The molecule has 1 unspecified atom stereocenters. The fourth-order valence-electron chi connectivity index (χ4n) is 2.15. The minimum absolute atomic E-state index is 0.258. The predicted molar refractivity (Wildman–Crippen MR) is 85.6 cm³/mol. The first-order valence-corrected chi connectivity index (χ1v) is 7.43. The van der Waals surface area contributed by atoms with Crippen molar-refractivity contribution in [3.8, 4) is 0 Å². The molecule has 0 bridgehead atoms. The van der Waals surface area contributed by atoms with Gasteiger partial charge in [0.25, 0.3) is 0 Å². The molecule has 21 heavy (non-hydrogen) atoms. The maximum atomic E-state index is 11.1. The van der Waals surface area contributed by atoms with Gasteiger partial charge in [-0.2, -0.15) is 0 Å². The number of H-pyrrole nitrogens is 1. The number of aromatic nitrogens is 1. The van der Waals surface area contributed by atoms with Crippen LogP contribution >= 0.6 is 34.8 Å². The van der Waals surface area contributed by atoms with Crippen LogP contribution in [-0.2, 0) is 6.42 Å². The first kappa shape index (κ1) is 14.5. The zero-order valence-corrected chi connectivity index (χ0v) is 13.0. The number of aromatic amines is 1. The van der Waals surface area contributed by atoms with E-state index in [9.17, 15) is 4.79 Å². The summed E-state index contributed by atoms with van der Waals surface area (Å²) in [6.07, 6.45) is 0.596. The number of benzene rings is 2. The third kappa shape index (κ3) is 3.10. The van der Waals surface area contributed by atoms with Crippen LogP contribution in [0.4, 0.5) is 0 Å². The second-order valence-electron chi connectivity index (χ2n) is 4.69. The van der Waals surface area contributed by atoms with E-state index in [2.05, 4.69) is 4.98 Å². The monoisotopic (exact) mass is 341 g/mol. The Labute approximate surface area is 135 Å². The van der Waals surface area contributed by atoms with Crippen LogP contribution in [0.25, 0.3) is 11.1 Å². The molecular formula is C15H10Cl3NO2. The summed E-state index contributed by atoms with van der Waals surface area (Å²) in [6.45, 7) is 0. The average molecular weight is 343 g/mol. The van der Waals surface area contributed by atoms with E-state index in [4.69, 9.17) is 39.2 Å². The Bertz CT molecular complexity index is 853. The molecule has 3 nitrogen and oxygen atoms in total. The lowest BCUT2D eigenvalue weighted by atomic mass is 10.0. The molecule has 0 fully saturated rings. The largest absolute Gasteiger partial charge is 0.417 e. The average Bonchev–Trinajstić information content (AvgIpc) is 2.82. The van der Waals surface area contributed by atoms with E-state index in [1.54, 1.807) is 24.3 Å². The van der Waals surface area contributed by atoms with Crippen molar-refractivity contribution in [2.45, 2.75) is 11.8 Å². The van der Waals surface area contributed by atoms with Crippen molar-refractivity contribution in [1.29, 1.82) is 0 Å². The highest BCUT2D eigenvalue weighted by Gasteiger charge is 2.12. The molecule has 0 aliphatic carbocycles. The molecular weight excluding hydrogens is 333 g/mol. The first-order valence-electron chi connectivity index (χ1n) is 6.24. The molecule has 0 aliphatic heterocycles. The molecule has 108 valence electrons. The Kier molecular flexibility index (Phi) is 3.98. The highest BCUT2D eigenvalue weighted by Crippen LogP contribution is 2.30. The minimum atomic E-state index is -0.474.